The molecule has 2 aromatic rings. The molecule has 1 atom stereocenters. The molecule has 3 nitrogen and oxygen atoms in total. The zero-order valence-corrected chi connectivity index (χ0v) is 13.7. The Morgan fingerprint density at radius 2 is 1.86 bits per heavy atom. The zero-order valence-electron chi connectivity index (χ0n) is 12.8. The molecule has 22 heavy (non-hydrogen) atoms. The van der Waals surface area contributed by atoms with Gasteiger partial charge in [-0.2, -0.15) is 0 Å². The Morgan fingerprint density at radius 3 is 2.64 bits per heavy atom. The molecule has 1 aliphatic carbocycles. The van der Waals surface area contributed by atoms with Crippen molar-refractivity contribution in [2.75, 3.05) is 18.9 Å². The van der Waals surface area contributed by atoms with Crippen LogP contribution >= 0.6 is 12.4 Å². The number of carbonyl (C=O) groups is 1. The number of rotatable bonds is 4. The first-order chi connectivity index (χ1) is 10.2. The van der Waals surface area contributed by atoms with Crippen molar-refractivity contribution < 1.29 is 4.79 Å². The second kappa shape index (κ2) is 6.95. The summed E-state index contributed by atoms with van der Waals surface area (Å²) >= 11 is 0. The maximum absolute atomic E-state index is 12.1. The first-order valence-electron chi connectivity index (χ1n) is 7.35. The Balaban J connectivity index is 0.00000176. The maximum atomic E-state index is 12.1. The van der Waals surface area contributed by atoms with E-state index in [1.54, 1.807) is 0 Å². The Bertz CT molecular complexity index is 685. The van der Waals surface area contributed by atoms with E-state index in [1.807, 2.05) is 20.0 Å². The van der Waals surface area contributed by atoms with Gasteiger partial charge in [0.05, 0.1) is 0 Å². The lowest BCUT2D eigenvalue weighted by Crippen LogP contribution is -2.28. The van der Waals surface area contributed by atoms with Gasteiger partial charge in [-0.3, -0.25) is 4.79 Å². The van der Waals surface area contributed by atoms with E-state index < -0.39 is 0 Å². The summed E-state index contributed by atoms with van der Waals surface area (Å²) in [7, 11) is 1.86. The molecule has 0 fully saturated rings. The van der Waals surface area contributed by atoms with Gasteiger partial charge >= 0.3 is 0 Å². The fraction of sp³-hybridized carbons (Fsp3) is 0.278. The number of fused-ring (bicyclic) bond motifs is 3. The highest BCUT2D eigenvalue weighted by molar-refractivity contribution is 5.93. The van der Waals surface area contributed by atoms with E-state index in [1.165, 1.54) is 22.3 Å². The summed E-state index contributed by atoms with van der Waals surface area (Å²) in [6, 6.07) is 14.7. The zero-order chi connectivity index (χ0) is 14.8. The van der Waals surface area contributed by atoms with Gasteiger partial charge in [-0.15, -0.1) is 12.4 Å². The molecular formula is C18H21ClN2O. The van der Waals surface area contributed by atoms with Gasteiger partial charge in [-0.25, -0.2) is 0 Å². The van der Waals surface area contributed by atoms with Crippen LogP contribution in [-0.2, 0) is 11.2 Å². The second-order valence-electron chi connectivity index (χ2n) is 5.65. The molecule has 1 amide bonds. The van der Waals surface area contributed by atoms with Crippen molar-refractivity contribution in [3.8, 4) is 11.1 Å². The number of nitrogens with one attached hydrogen (secondary N) is 2. The molecule has 116 valence electrons. The average Bonchev–Trinajstić information content (AvgIpc) is 2.85. The van der Waals surface area contributed by atoms with Crippen LogP contribution < -0.4 is 10.6 Å². The van der Waals surface area contributed by atoms with Gasteiger partial charge in [0.2, 0.25) is 5.91 Å². The number of anilines is 1. The van der Waals surface area contributed by atoms with Crippen molar-refractivity contribution >= 4 is 24.0 Å². The molecule has 0 saturated heterocycles. The lowest BCUT2D eigenvalue weighted by atomic mass is 10.1. The molecule has 3 rings (SSSR count). The highest BCUT2D eigenvalue weighted by atomic mass is 35.5. The van der Waals surface area contributed by atoms with E-state index in [9.17, 15) is 4.79 Å². The van der Waals surface area contributed by atoms with Crippen LogP contribution in [0.1, 0.15) is 18.1 Å². The van der Waals surface area contributed by atoms with Gasteiger partial charge in [-0.05, 0) is 47.9 Å². The predicted molar refractivity (Wildman–Crippen MR) is 93.7 cm³/mol. The van der Waals surface area contributed by atoms with Crippen LogP contribution in [0, 0.1) is 5.92 Å². The molecule has 0 radical (unpaired) electrons. The number of hydrogen-bond acceptors (Lipinski definition) is 2. The standard InChI is InChI=1S/C18H20N2O.ClH/c1-12(11-19-2)18(21)20-15-7-8-17-14(10-15)9-13-5-3-4-6-16(13)17;/h3-8,10,12,19H,9,11H2,1-2H3,(H,20,21);1H. The van der Waals surface area contributed by atoms with Crippen molar-refractivity contribution in [2.45, 2.75) is 13.3 Å². The van der Waals surface area contributed by atoms with Crippen LogP contribution in [0.4, 0.5) is 5.69 Å². The molecule has 1 aliphatic rings. The van der Waals surface area contributed by atoms with Gasteiger partial charge in [0.25, 0.3) is 0 Å². The lowest BCUT2D eigenvalue weighted by Gasteiger charge is -2.12. The first-order valence-corrected chi connectivity index (χ1v) is 7.35. The molecule has 0 spiro atoms. The quantitative estimate of drug-likeness (QED) is 0.774. The minimum Gasteiger partial charge on any atom is -0.326 e. The average molecular weight is 317 g/mol. The molecule has 0 heterocycles. The molecule has 0 aliphatic heterocycles. The SMILES string of the molecule is CNCC(C)C(=O)Nc1ccc2c(c1)Cc1ccccc1-2.Cl. The summed E-state index contributed by atoms with van der Waals surface area (Å²) in [5.41, 5.74) is 6.13. The van der Waals surface area contributed by atoms with Gasteiger partial charge < -0.3 is 10.6 Å². The van der Waals surface area contributed by atoms with Gasteiger partial charge in [-0.1, -0.05) is 37.3 Å². The van der Waals surface area contributed by atoms with Crippen molar-refractivity contribution in [1.82, 2.24) is 5.32 Å². The molecule has 2 N–H and O–H groups in total. The maximum Gasteiger partial charge on any atom is 0.228 e. The molecular weight excluding hydrogens is 296 g/mol. The van der Waals surface area contributed by atoms with Gasteiger partial charge in [0.15, 0.2) is 0 Å². The summed E-state index contributed by atoms with van der Waals surface area (Å²) in [6.45, 7) is 2.61. The van der Waals surface area contributed by atoms with E-state index >= 15 is 0 Å². The lowest BCUT2D eigenvalue weighted by molar-refractivity contribution is -0.119. The van der Waals surface area contributed by atoms with E-state index in [0.29, 0.717) is 6.54 Å². The van der Waals surface area contributed by atoms with Crippen LogP contribution in [0.15, 0.2) is 42.5 Å². The molecule has 0 bridgehead atoms. The predicted octanol–water partition coefficient (Wildman–Crippen LogP) is 3.47. The fourth-order valence-corrected chi connectivity index (χ4v) is 2.89. The van der Waals surface area contributed by atoms with Crippen LogP contribution in [0.3, 0.4) is 0 Å². The highest BCUT2D eigenvalue weighted by Gasteiger charge is 2.19. The van der Waals surface area contributed by atoms with Crippen LogP contribution in [0.2, 0.25) is 0 Å². The molecule has 4 heteroatoms. The number of benzene rings is 2. The second-order valence-corrected chi connectivity index (χ2v) is 5.65. The van der Waals surface area contributed by atoms with E-state index in [4.69, 9.17) is 0 Å². The first kappa shape index (κ1) is 16.5. The number of hydrogen-bond donors (Lipinski definition) is 2. The number of amides is 1. The molecule has 0 aromatic heterocycles. The van der Waals surface area contributed by atoms with Crippen LogP contribution in [-0.4, -0.2) is 19.5 Å². The Morgan fingerprint density at radius 1 is 1.14 bits per heavy atom. The summed E-state index contributed by atoms with van der Waals surface area (Å²) in [5.74, 6) is 0.0141. The van der Waals surface area contributed by atoms with Crippen molar-refractivity contribution in [2.24, 2.45) is 5.92 Å². The minimum absolute atomic E-state index is 0. The smallest absolute Gasteiger partial charge is 0.228 e. The highest BCUT2D eigenvalue weighted by Crippen LogP contribution is 2.37. The molecule has 0 saturated carbocycles. The molecule has 2 aromatic carbocycles. The van der Waals surface area contributed by atoms with E-state index in [-0.39, 0.29) is 24.2 Å². The molecule has 1 unspecified atom stereocenters. The van der Waals surface area contributed by atoms with Crippen molar-refractivity contribution in [1.29, 1.82) is 0 Å². The van der Waals surface area contributed by atoms with Crippen LogP contribution in [0.5, 0.6) is 0 Å². The monoisotopic (exact) mass is 316 g/mol. The third-order valence-corrected chi connectivity index (χ3v) is 4.02. The third-order valence-electron chi connectivity index (χ3n) is 4.02. The number of carbonyl (C=O) groups excluding carboxylic acids is 1. The van der Waals surface area contributed by atoms with Gasteiger partial charge in [0.1, 0.15) is 0 Å². The largest absolute Gasteiger partial charge is 0.326 e. The van der Waals surface area contributed by atoms with E-state index in [0.717, 1.165) is 12.1 Å². The third kappa shape index (κ3) is 3.16. The van der Waals surface area contributed by atoms with Crippen molar-refractivity contribution in [3.05, 3.63) is 53.6 Å². The Kier molecular flexibility index (Phi) is 5.22. The number of halogens is 1. The fourth-order valence-electron chi connectivity index (χ4n) is 2.89. The normalized spacial score (nSPS) is 12.8. The summed E-state index contributed by atoms with van der Waals surface area (Å²) in [4.78, 5) is 12.1. The van der Waals surface area contributed by atoms with Crippen LogP contribution in [0.25, 0.3) is 11.1 Å². The minimum atomic E-state index is -0.0412. The Hall–Kier alpha value is -1.84. The Labute approximate surface area is 137 Å². The summed E-state index contributed by atoms with van der Waals surface area (Å²) < 4.78 is 0. The topological polar surface area (TPSA) is 41.1 Å². The van der Waals surface area contributed by atoms with E-state index in [2.05, 4.69) is 47.0 Å². The summed E-state index contributed by atoms with van der Waals surface area (Å²) in [6.07, 6.45) is 0.946. The summed E-state index contributed by atoms with van der Waals surface area (Å²) in [5, 5.41) is 6.03. The van der Waals surface area contributed by atoms with Gasteiger partial charge in [0, 0.05) is 18.2 Å². The van der Waals surface area contributed by atoms with Crippen molar-refractivity contribution in [3.63, 3.8) is 0 Å².